The fraction of sp³-hybridized carbons (Fsp3) is 0.273. The third kappa shape index (κ3) is 4.87. The van der Waals surface area contributed by atoms with Crippen LogP contribution < -0.4 is 15.1 Å². The first-order chi connectivity index (χ1) is 14.0. The Morgan fingerprint density at radius 3 is 2.55 bits per heavy atom. The molecule has 3 aromatic rings. The number of hydrogen-bond donors (Lipinski definition) is 1. The van der Waals surface area contributed by atoms with Crippen LogP contribution in [0.15, 0.2) is 51.7 Å². The number of esters is 1. The summed E-state index contributed by atoms with van der Waals surface area (Å²) in [5.41, 5.74) is 0.608. The van der Waals surface area contributed by atoms with Gasteiger partial charge in [-0.15, -0.1) is 0 Å². The van der Waals surface area contributed by atoms with Crippen molar-refractivity contribution in [3.05, 3.63) is 64.0 Å². The molecule has 7 nitrogen and oxygen atoms in total. The van der Waals surface area contributed by atoms with Gasteiger partial charge in [0.1, 0.15) is 17.9 Å². The molecule has 0 amide bonds. The zero-order valence-corrected chi connectivity index (χ0v) is 16.3. The predicted molar refractivity (Wildman–Crippen MR) is 106 cm³/mol. The van der Waals surface area contributed by atoms with Crippen LogP contribution in [-0.4, -0.2) is 24.3 Å². The van der Waals surface area contributed by atoms with Crippen LogP contribution in [0.3, 0.4) is 0 Å². The first-order valence-electron chi connectivity index (χ1n) is 9.25. The molecular formula is C22H22O7. The third-order valence-corrected chi connectivity index (χ3v) is 4.26. The summed E-state index contributed by atoms with van der Waals surface area (Å²) in [5, 5.41) is 10.4. The minimum atomic E-state index is -0.591. The molecule has 29 heavy (non-hydrogen) atoms. The SMILES string of the molecule is CCCOc1ccccc1OCC(=O)OCc1cc(=O)oc2c(C)c(O)ccc12. The average molecular weight is 398 g/mol. The molecule has 0 atom stereocenters. The molecule has 7 heteroatoms. The summed E-state index contributed by atoms with van der Waals surface area (Å²) in [4.78, 5) is 23.9. The van der Waals surface area contributed by atoms with Crippen LogP contribution in [0.4, 0.5) is 0 Å². The molecule has 1 aromatic heterocycles. The maximum Gasteiger partial charge on any atom is 0.344 e. The van der Waals surface area contributed by atoms with Gasteiger partial charge < -0.3 is 23.7 Å². The van der Waals surface area contributed by atoms with Crippen molar-refractivity contribution in [2.75, 3.05) is 13.2 Å². The van der Waals surface area contributed by atoms with Crippen LogP contribution in [0.25, 0.3) is 11.0 Å². The molecule has 2 aromatic carbocycles. The Morgan fingerprint density at radius 2 is 1.83 bits per heavy atom. The van der Waals surface area contributed by atoms with Crippen LogP contribution in [0.1, 0.15) is 24.5 Å². The second-order valence-corrected chi connectivity index (χ2v) is 6.42. The fourth-order valence-electron chi connectivity index (χ4n) is 2.77. The highest BCUT2D eigenvalue weighted by molar-refractivity contribution is 5.85. The smallest absolute Gasteiger partial charge is 0.344 e. The van der Waals surface area contributed by atoms with Crippen molar-refractivity contribution in [1.82, 2.24) is 0 Å². The Hall–Kier alpha value is -3.48. The van der Waals surface area contributed by atoms with E-state index in [9.17, 15) is 14.7 Å². The van der Waals surface area contributed by atoms with Gasteiger partial charge in [-0.2, -0.15) is 0 Å². The number of phenolic OH excluding ortho intramolecular Hbond substituents is 1. The maximum atomic E-state index is 12.1. The fourth-order valence-corrected chi connectivity index (χ4v) is 2.77. The lowest BCUT2D eigenvalue weighted by Crippen LogP contribution is -2.16. The normalized spacial score (nSPS) is 10.7. The molecule has 0 aliphatic rings. The lowest BCUT2D eigenvalue weighted by atomic mass is 10.1. The van der Waals surface area contributed by atoms with Crippen LogP contribution in [0, 0.1) is 6.92 Å². The third-order valence-electron chi connectivity index (χ3n) is 4.26. The van der Waals surface area contributed by atoms with Gasteiger partial charge in [-0.3, -0.25) is 0 Å². The molecule has 0 fully saturated rings. The van der Waals surface area contributed by atoms with Crippen molar-refractivity contribution in [3.63, 3.8) is 0 Å². The number of carbonyl (C=O) groups excluding carboxylic acids is 1. The van der Waals surface area contributed by atoms with Gasteiger partial charge in [-0.25, -0.2) is 9.59 Å². The highest BCUT2D eigenvalue weighted by Crippen LogP contribution is 2.28. The van der Waals surface area contributed by atoms with Gasteiger partial charge in [0.2, 0.25) is 0 Å². The van der Waals surface area contributed by atoms with E-state index in [0.717, 1.165) is 6.42 Å². The lowest BCUT2D eigenvalue weighted by molar-refractivity contribution is -0.147. The molecule has 1 N–H and O–H groups in total. The molecule has 0 saturated heterocycles. The van der Waals surface area contributed by atoms with E-state index in [1.54, 1.807) is 31.2 Å². The molecular weight excluding hydrogens is 376 g/mol. The minimum Gasteiger partial charge on any atom is -0.508 e. The van der Waals surface area contributed by atoms with Gasteiger partial charge in [-0.05, 0) is 37.6 Å². The second-order valence-electron chi connectivity index (χ2n) is 6.42. The van der Waals surface area contributed by atoms with Crippen LogP contribution in [-0.2, 0) is 16.1 Å². The van der Waals surface area contributed by atoms with E-state index in [1.165, 1.54) is 12.1 Å². The maximum absolute atomic E-state index is 12.1. The van der Waals surface area contributed by atoms with Gasteiger partial charge in [0.05, 0.1) is 6.61 Å². The van der Waals surface area contributed by atoms with Gasteiger partial charge in [0.25, 0.3) is 0 Å². The number of carbonyl (C=O) groups is 1. The number of para-hydroxylation sites is 2. The summed E-state index contributed by atoms with van der Waals surface area (Å²) in [6, 6.07) is 11.5. The van der Waals surface area contributed by atoms with Crippen molar-refractivity contribution >= 4 is 16.9 Å². The first kappa shape index (κ1) is 20.3. The van der Waals surface area contributed by atoms with Crippen LogP contribution in [0.5, 0.6) is 17.2 Å². The van der Waals surface area contributed by atoms with E-state index in [2.05, 4.69) is 0 Å². The zero-order chi connectivity index (χ0) is 20.8. The summed E-state index contributed by atoms with van der Waals surface area (Å²) in [6.45, 7) is 3.76. The van der Waals surface area contributed by atoms with E-state index < -0.39 is 11.6 Å². The molecule has 0 aliphatic heterocycles. The van der Waals surface area contributed by atoms with Crippen LogP contribution in [0.2, 0.25) is 0 Å². The Kier molecular flexibility index (Phi) is 6.39. The van der Waals surface area contributed by atoms with Crippen LogP contribution >= 0.6 is 0 Å². The van der Waals surface area contributed by atoms with Crippen molar-refractivity contribution in [3.8, 4) is 17.2 Å². The van der Waals surface area contributed by atoms with Gasteiger partial charge >= 0.3 is 11.6 Å². The Morgan fingerprint density at radius 1 is 1.10 bits per heavy atom. The van der Waals surface area contributed by atoms with Crippen molar-refractivity contribution < 1.29 is 28.5 Å². The number of benzene rings is 2. The van der Waals surface area contributed by atoms with E-state index in [1.807, 2.05) is 13.0 Å². The average Bonchev–Trinajstić information content (AvgIpc) is 2.72. The lowest BCUT2D eigenvalue weighted by Gasteiger charge is -2.12. The number of rotatable bonds is 8. The summed E-state index contributed by atoms with van der Waals surface area (Å²) in [5.74, 6) is 0.443. The zero-order valence-electron chi connectivity index (χ0n) is 16.3. The minimum absolute atomic E-state index is 0.0205. The molecule has 0 unspecified atom stereocenters. The summed E-state index contributed by atoms with van der Waals surface area (Å²) in [6.07, 6.45) is 0.854. The Labute approximate surface area is 167 Å². The summed E-state index contributed by atoms with van der Waals surface area (Å²) >= 11 is 0. The molecule has 1 heterocycles. The van der Waals surface area contributed by atoms with E-state index in [0.29, 0.717) is 34.6 Å². The predicted octanol–water partition coefficient (Wildman–Crippen LogP) is 3.72. The number of phenols is 1. The van der Waals surface area contributed by atoms with E-state index in [-0.39, 0.29) is 24.5 Å². The van der Waals surface area contributed by atoms with Crippen molar-refractivity contribution in [1.29, 1.82) is 0 Å². The molecule has 3 rings (SSSR count). The molecule has 0 bridgehead atoms. The molecule has 0 radical (unpaired) electrons. The molecule has 0 aliphatic carbocycles. The number of aryl methyl sites for hydroxylation is 1. The topological polar surface area (TPSA) is 95.2 Å². The highest BCUT2D eigenvalue weighted by atomic mass is 16.6. The van der Waals surface area contributed by atoms with Crippen molar-refractivity contribution in [2.24, 2.45) is 0 Å². The number of fused-ring (bicyclic) bond motifs is 1. The first-order valence-corrected chi connectivity index (χ1v) is 9.25. The van der Waals surface area contributed by atoms with E-state index in [4.69, 9.17) is 18.6 Å². The summed E-state index contributed by atoms with van der Waals surface area (Å²) in [7, 11) is 0. The highest BCUT2D eigenvalue weighted by Gasteiger charge is 2.13. The Bertz CT molecular complexity index is 1070. The summed E-state index contributed by atoms with van der Waals surface area (Å²) < 4.78 is 21.5. The standard InChI is InChI=1S/C22H22O7/c1-3-10-26-18-6-4-5-7-19(18)27-13-21(25)28-12-15-11-20(24)29-22-14(2)17(23)9-8-16(15)22/h4-9,11,23H,3,10,12-13H2,1-2H3. The van der Waals surface area contributed by atoms with Gasteiger partial charge in [0.15, 0.2) is 18.1 Å². The second kappa shape index (κ2) is 9.14. The molecule has 0 spiro atoms. The quantitative estimate of drug-likeness (QED) is 0.456. The number of hydrogen-bond acceptors (Lipinski definition) is 7. The van der Waals surface area contributed by atoms with Gasteiger partial charge in [-0.1, -0.05) is 19.1 Å². The van der Waals surface area contributed by atoms with Gasteiger partial charge in [0, 0.05) is 22.6 Å². The van der Waals surface area contributed by atoms with E-state index >= 15 is 0 Å². The number of ether oxygens (including phenoxy) is 3. The van der Waals surface area contributed by atoms with Crippen molar-refractivity contribution in [2.45, 2.75) is 26.9 Å². The monoisotopic (exact) mass is 398 g/mol. The molecule has 152 valence electrons. The number of aromatic hydroxyl groups is 1. The molecule has 0 saturated carbocycles. The largest absolute Gasteiger partial charge is 0.508 e. The Balaban J connectivity index is 1.66.